The molecule has 0 bridgehead atoms. The number of hydrogen-bond acceptors (Lipinski definition) is 5. The summed E-state index contributed by atoms with van der Waals surface area (Å²) in [5.74, 6) is 0.224. The molecule has 9 heteroatoms. The molecule has 8 nitrogen and oxygen atoms in total. The third kappa shape index (κ3) is 8.77. The van der Waals surface area contributed by atoms with E-state index in [2.05, 4.69) is 5.32 Å². The molecule has 0 aliphatic heterocycles. The van der Waals surface area contributed by atoms with E-state index in [9.17, 15) is 18.0 Å². The molecule has 204 valence electrons. The third-order valence-corrected chi connectivity index (χ3v) is 7.62. The summed E-state index contributed by atoms with van der Waals surface area (Å²) in [4.78, 5) is 27.9. The Balaban J connectivity index is 2.23. The molecule has 0 aliphatic carbocycles. The number of rotatable bonds is 13. The second-order valence-corrected chi connectivity index (χ2v) is 11.5. The monoisotopic (exact) mass is 531 g/mol. The van der Waals surface area contributed by atoms with Crippen LogP contribution >= 0.6 is 0 Å². The quantitative estimate of drug-likeness (QED) is 0.418. The number of nitrogens with one attached hydrogen (secondary N) is 1. The van der Waals surface area contributed by atoms with Gasteiger partial charge in [0.2, 0.25) is 21.8 Å². The summed E-state index contributed by atoms with van der Waals surface area (Å²) < 4.78 is 31.9. The molecule has 0 spiro atoms. The number of carbonyl (C=O) groups excluding carboxylic acids is 2. The Morgan fingerprint density at radius 3 is 2.41 bits per heavy atom. The van der Waals surface area contributed by atoms with E-state index in [1.807, 2.05) is 70.2 Å². The van der Waals surface area contributed by atoms with Gasteiger partial charge in [-0.3, -0.25) is 13.9 Å². The standard InChI is InChI=1S/C28H41N3O5S/c1-8-22(4)29-28(33)23(5)30(19-24-11-9-12-25(18-24)36-6)27(32)13-10-16-31(37(7,34)35)26-17-20(2)14-15-21(26)3/h9,11-12,14-15,17-18,22-23H,8,10,13,16,19H2,1-7H3,(H,29,33). The van der Waals surface area contributed by atoms with E-state index in [1.165, 1.54) is 10.6 Å². The van der Waals surface area contributed by atoms with Gasteiger partial charge in [0, 0.05) is 25.6 Å². The number of nitrogens with zero attached hydrogens (tertiary/aromatic N) is 2. The lowest BCUT2D eigenvalue weighted by Gasteiger charge is -2.30. The number of carbonyl (C=O) groups is 2. The largest absolute Gasteiger partial charge is 0.497 e. The second-order valence-electron chi connectivity index (χ2n) is 9.60. The molecule has 0 radical (unpaired) electrons. The number of methoxy groups -OCH3 is 1. The molecule has 2 rings (SSSR count). The van der Waals surface area contributed by atoms with Gasteiger partial charge in [0.05, 0.1) is 19.1 Å². The van der Waals surface area contributed by atoms with Crippen LogP contribution in [0.15, 0.2) is 42.5 Å². The SMILES string of the molecule is CCC(C)NC(=O)C(C)N(Cc1cccc(OC)c1)C(=O)CCCN(c1cc(C)ccc1C)S(C)(=O)=O. The van der Waals surface area contributed by atoms with Crippen molar-refractivity contribution >= 4 is 27.5 Å². The first kappa shape index (κ1) is 30.2. The van der Waals surface area contributed by atoms with Crippen molar-refractivity contribution in [3.05, 3.63) is 59.2 Å². The molecule has 0 aromatic heterocycles. The van der Waals surface area contributed by atoms with Gasteiger partial charge in [-0.15, -0.1) is 0 Å². The zero-order valence-corrected chi connectivity index (χ0v) is 23.9. The highest BCUT2D eigenvalue weighted by atomic mass is 32.2. The molecule has 2 amide bonds. The molecule has 0 aliphatic rings. The van der Waals surface area contributed by atoms with Crippen LogP contribution in [0.5, 0.6) is 5.75 Å². The van der Waals surface area contributed by atoms with Crippen molar-refractivity contribution in [3.8, 4) is 5.75 Å². The van der Waals surface area contributed by atoms with Crippen LogP contribution in [0.25, 0.3) is 0 Å². The molecular formula is C28H41N3O5S. The van der Waals surface area contributed by atoms with E-state index < -0.39 is 16.1 Å². The molecule has 0 saturated heterocycles. The van der Waals surface area contributed by atoms with Gasteiger partial charge in [0.1, 0.15) is 11.8 Å². The molecule has 0 saturated carbocycles. The summed E-state index contributed by atoms with van der Waals surface area (Å²) in [6.45, 7) is 9.80. The highest BCUT2D eigenvalue weighted by molar-refractivity contribution is 7.92. The number of anilines is 1. The topological polar surface area (TPSA) is 96.0 Å². The minimum atomic E-state index is -3.55. The zero-order chi connectivity index (χ0) is 27.8. The molecule has 2 unspecified atom stereocenters. The van der Waals surface area contributed by atoms with E-state index >= 15 is 0 Å². The maximum absolute atomic E-state index is 13.4. The number of hydrogen-bond donors (Lipinski definition) is 1. The maximum atomic E-state index is 13.4. The Bertz CT molecular complexity index is 1180. The van der Waals surface area contributed by atoms with Gasteiger partial charge in [-0.2, -0.15) is 0 Å². The van der Waals surface area contributed by atoms with Crippen molar-refractivity contribution in [2.45, 2.75) is 72.5 Å². The fraction of sp³-hybridized carbons (Fsp3) is 0.500. The zero-order valence-electron chi connectivity index (χ0n) is 23.1. The van der Waals surface area contributed by atoms with E-state index in [0.717, 1.165) is 23.1 Å². The predicted octanol–water partition coefficient (Wildman–Crippen LogP) is 4.19. The Morgan fingerprint density at radius 2 is 1.78 bits per heavy atom. The third-order valence-electron chi connectivity index (χ3n) is 6.44. The molecule has 2 atom stereocenters. The summed E-state index contributed by atoms with van der Waals surface area (Å²) in [7, 11) is -1.97. The Kier molecular flexibility index (Phi) is 11.0. The molecule has 2 aromatic carbocycles. The van der Waals surface area contributed by atoms with E-state index in [4.69, 9.17) is 4.74 Å². The maximum Gasteiger partial charge on any atom is 0.242 e. The van der Waals surface area contributed by atoms with Crippen LogP contribution in [0.4, 0.5) is 5.69 Å². The van der Waals surface area contributed by atoms with Crippen molar-refractivity contribution in [3.63, 3.8) is 0 Å². The van der Waals surface area contributed by atoms with Gasteiger partial charge in [-0.05, 0) is 75.4 Å². The number of amides is 2. The van der Waals surface area contributed by atoms with Crippen LogP contribution in [0.3, 0.4) is 0 Å². The van der Waals surface area contributed by atoms with Crippen molar-refractivity contribution in [1.29, 1.82) is 0 Å². The number of sulfonamides is 1. The normalized spacial score (nSPS) is 12.9. The van der Waals surface area contributed by atoms with Crippen LogP contribution in [0.1, 0.15) is 56.7 Å². The lowest BCUT2D eigenvalue weighted by Crippen LogP contribution is -2.49. The molecule has 1 N–H and O–H groups in total. The first-order valence-electron chi connectivity index (χ1n) is 12.6. The van der Waals surface area contributed by atoms with Crippen LogP contribution in [0.2, 0.25) is 0 Å². The van der Waals surface area contributed by atoms with Crippen LogP contribution < -0.4 is 14.4 Å². The average Bonchev–Trinajstić information content (AvgIpc) is 2.85. The Morgan fingerprint density at radius 1 is 1.08 bits per heavy atom. The first-order valence-corrected chi connectivity index (χ1v) is 14.5. The smallest absolute Gasteiger partial charge is 0.242 e. The minimum Gasteiger partial charge on any atom is -0.497 e. The van der Waals surface area contributed by atoms with Gasteiger partial charge >= 0.3 is 0 Å². The van der Waals surface area contributed by atoms with E-state index in [0.29, 0.717) is 17.9 Å². The average molecular weight is 532 g/mol. The van der Waals surface area contributed by atoms with Crippen molar-refractivity contribution < 1.29 is 22.7 Å². The fourth-order valence-corrected chi connectivity index (χ4v) is 5.00. The lowest BCUT2D eigenvalue weighted by molar-refractivity contribution is -0.140. The van der Waals surface area contributed by atoms with Gasteiger partial charge < -0.3 is 15.0 Å². The van der Waals surface area contributed by atoms with E-state index in [-0.39, 0.29) is 37.4 Å². The van der Waals surface area contributed by atoms with E-state index in [1.54, 1.807) is 18.9 Å². The molecule has 0 fully saturated rings. The summed E-state index contributed by atoms with van der Waals surface area (Å²) in [5.41, 5.74) is 3.25. The number of aryl methyl sites for hydroxylation is 2. The predicted molar refractivity (Wildman–Crippen MR) is 148 cm³/mol. The summed E-state index contributed by atoms with van der Waals surface area (Å²) in [6, 6.07) is 12.3. The highest BCUT2D eigenvalue weighted by Gasteiger charge is 2.27. The molecule has 2 aromatic rings. The van der Waals surface area contributed by atoms with Crippen LogP contribution in [-0.4, -0.2) is 57.1 Å². The fourth-order valence-electron chi connectivity index (χ4n) is 3.99. The first-order chi connectivity index (χ1) is 17.4. The number of ether oxygens (including phenoxy) is 1. The molecular weight excluding hydrogens is 490 g/mol. The van der Waals surface area contributed by atoms with Crippen molar-refractivity contribution in [2.75, 3.05) is 24.2 Å². The highest BCUT2D eigenvalue weighted by Crippen LogP contribution is 2.25. The molecule has 37 heavy (non-hydrogen) atoms. The van der Waals surface area contributed by atoms with Crippen LogP contribution in [0, 0.1) is 13.8 Å². The second kappa shape index (κ2) is 13.5. The summed E-state index contributed by atoms with van der Waals surface area (Å²) in [5, 5.41) is 2.96. The van der Waals surface area contributed by atoms with Crippen molar-refractivity contribution in [1.82, 2.24) is 10.2 Å². The van der Waals surface area contributed by atoms with Gasteiger partial charge in [-0.25, -0.2) is 8.42 Å². The van der Waals surface area contributed by atoms with Gasteiger partial charge in [0.25, 0.3) is 0 Å². The number of benzene rings is 2. The Labute approximate surface area is 222 Å². The van der Waals surface area contributed by atoms with Gasteiger partial charge in [-0.1, -0.05) is 31.2 Å². The summed E-state index contributed by atoms with van der Waals surface area (Å²) >= 11 is 0. The Hall–Kier alpha value is -3.07. The van der Waals surface area contributed by atoms with Crippen molar-refractivity contribution in [2.24, 2.45) is 0 Å². The minimum absolute atomic E-state index is 0.00962. The van der Waals surface area contributed by atoms with Gasteiger partial charge in [0.15, 0.2) is 0 Å². The molecule has 0 heterocycles. The lowest BCUT2D eigenvalue weighted by atomic mass is 10.1. The van der Waals surface area contributed by atoms with Crippen LogP contribution in [-0.2, 0) is 26.2 Å². The summed E-state index contributed by atoms with van der Waals surface area (Å²) in [6.07, 6.45) is 2.37.